The molecule has 2 rings (SSSR count). The van der Waals surface area contributed by atoms with Crippen LogP contribution in [-0.2, 0) is 13.1 Å². The molecule has 5 heteroatoms. The average Bonchev–Trinajstić information content (AvgIpc) is 2.77. The van der Waals surface area contributed by atoms with Gasteiger partial charge in [-0.15, -0.1) is 0 Å². The van der Waals surface area contributed by atoms with Gasteiger partial charge in [0.25, 0.3) is 0 Å². The molecule has 2 aromatic rings. The summed E-state index contributed by atoms with van der Waals surface area (Å²) in [4.78, 5) is 0. The van der Waals surface area contributed by atoms with E-state index in [1.54, 1.807) is 7.11 Å². The maximum absolute atomic E-state index is 5.35. The summed E-state index contributed by atoms with van der Waals surface area (Å²) in [5, 5.41) is 7.45. The van der Waals surface area contributed by atoms with Crippen molar-refractivity contribution in [2.24, 2.45) is 0 Å². The van der Waals surface area contributed by atoms with Crippen molar-refractivity contribution in [1.82, 2.24) is 15.1 Å². The molecule has 4 nitrogen and oxygen atoms in total. The zero-order chi connectivity index (χ0) is 13.0. The fourth-order valence-electron chi connectivity index (χ4n) is 1.83. The number of nitrogens with one attached hydrogen (secondary N) is 1. The molecule has 96 valence electrons. The van der Waals surface area contributed by atoms with E-state index in [1.165, 1.54) is 5.56 Å². The van der Waals surface area contributed by atoms with Gasteiger partial charge in [0, 0.05) is 28.3 Å². The Morgan fingerprint density at radius 1 is 1.44 bits per heavy atom. The van der Waals surface area contributed by atoms with Crippen molar-refractivity contribution in [1.29, 1.82) is 0 Å². The first-order chi connectivity index (χ1) is 8.72. The fourth-order valence-corrected chi connectivity index (χ4v) is 2.24. The fraction of sp³-hybridized carbons (Fsp3) is 0.308. The summed E-state index contributed by atoms with van der Waals surface area (Å²) in [5.74, 6) is 0.879. The number of benzene rings is 1. The zero-order valence-corrected chi connectivity index (χ0v) is 12.1. The van der Waals surface area contributed by atoms with Crippen LogP contribution in [0, 0.1) is 0 Å². The van der Waals surface area contributed by atoms with Crippen molar-refractivity contribution >= 4 is 15.9 Å². The standard InChI is InChI=1S/C13H16BrN3O/c1-15-6-10-7-16-17(8-10)9-11-5-12(14)3-4-13(11)18-2/h3-5,7-8,15H,6,9H2,1-2H3. The normalized spacial score (nSPS) is 10.6. The summed E-state index contributed by atoms with van der Waals surface area (Å²) in [6.07, 6.45) is 3.91. The number of halogens is 1. The van der Waals surface area contributed by atoms with Crippen LogP contribution in [0.15, 0.2) is 35.1 Å². The number of ether oxygens (including phenoxy) is 1. The first-order valence-corrected chi connectivity index (χ1v) is 6.50. The van der Waals surface area contributed by atoms with Gasteiger partial charge in [-0.25, -0.2) is 0 Å². The summed E-state index contributed by atoms with van der Waals surface area (Å²) in [7, 11) is 3.61. The van der Waals surface area contributed by atoms with Crippen molar-refractivity contribution in [2.75, 3.05) is 14.2 Å². The van der Waals surface area contributed by atoms with Gasteiger partial charge in [0.15, 0.2) is 0 Å². The first kappa shape index (κ1) is 13.1. The summed E-state index contributed by atoms with van der Waals surface area (Å²) in [5.41, 5.74) is 2.28. The molecule has 0 aliphatic carbocycles. The Morgan fingerprint density at radius 3 is 3.00 bits per heavy atom. The van der Waals surface area contributed by atoms with E-state index in [2.05, 4.69) is 32.4 Å². The smallest absolute Gasteiger partial charge is 0.124 e. The second kappa shape index (κ2) is 6.02. The molecule has 0 unspecified atom stereocenters. The molecule has 0 atom stereocenters. The van der Waals surface area contributed by atoms with Crippen LogP contribution in [0.1, 0.15) is 11.1 Å². The van der Waals surface area contributed by atoms with E-state index in [-0.39, 0.29) is 0 Å². The Hall–Kier alpha value is -1.33. The Labute approximate surface area is 115 Å². The van der Waals surface area contributed by atoms with Crippen LogP contribution in [0.4, 0.5) is 0 Å². The molecule has 0 saturated heterocycles. The number of rotatable bonds is 5. The van der Waals surface area contributed by atoms with Crippen LogP contribution < -0.4 is 10.1 Å². The van der Waals surface area contributed by atoms with E-state index >= 15 is 0 Å². The average molecular weight is 310 g/mol. The van der Waals surface area contributed by atoms with Gasteiger partial charge in [-0.2, -0.15) is 5.10 Å². The van der Waals surface area contributed by atoms with Crippen LogP contribution in [0.5, 0.6) is 5.75 Å². The predicted octanol–water partition coefficient (Wildman–Crippen LogP) is 2.42. The van der Waals surface area contributed by atoms with Crippen LogP contribution in [0.2, 0.25) is 0 Å². The van der Waals surface area contributed by atoms with Crippen molar-refractivity contribution < 1.29 is 4.74 Å². The molecule has 1 aromatic carbocycles. The second-order valence-electron chi connectivity index (χ2n) is 4.03. The van der Waals surface area contributed by atoms with Crippen LogP contribution in [-0.4, -0.2) is 23.9 Å². The van der Waals surface area contributed by atoms with Crippen LogP contribution >= 0.6 is 15.9 Å². The lowest BCUT2D eigenvalue weighted by molar-refractivity contribution is 0.407. The largest absolute Gasteiger partial charge is 0.496 e. The molecule has 0 spiro atoms. The summed E-state index contributed by atoms with van der Waals surface area (Å²) in [6.45, 7) is 1.53. The van der Waals surface area contributed by atoms with Gasteiger partial charge in [-0.05, 0) is 25.2 Å². The molecular weight excluding hydrogens is 294 g/mol. The maximum atomic E-state index is 5.35. The summed E-state index contributed by atoms with van der Waals surface area (Å²) < 4.78 is 8.31. The molecule has 0 radical (unpaired) electrons. The van der Waals surface area contributed by atoms with Crippen molar-refractivity contribution in [3.8, 4) is 5.75 Å². The Morgan fingerprint density at radius 2 is 2.28 bits per heavy atom. The monoisotopic (exact) mass is 309 g/mol. The highest BCUT2D eigenvalue weighted by Gasteiger charge is 2.06. The lowest BCUT2D eigenvalue weighted by atomic mass is 10.2. The number of hydrogen-bond acceptors (Lipinski definition) is 3. The second-order valence-corrected chi connectivity index (χ2v) is 4.95. The van der Waals surface area contributed by atoms with E-state index in [0.717, 1.165) is 22.3 Å². The van der Waals surface area contributed by atoms with Gasteiger partial charge in [0.1, 0.15) is 5.75 Å². The quantitative estimate of drug-likeness (QED) is 0.922. The molecule has 1 aromatic heterocycles. The van der Waals surface area contributed by atoms with Gasteiger partial charge in [0.05, 0.1) is 19.9 Å². The van der Waals surface area contributed by atoms with Crippen molar-refractivity contribution in [2.45, 2.75) is 13.1 Å². The van der Waals surface area contributed by atoms with E-state index in [9.17, 15) is 0 Å². The van der Waals surface area contributed by atoms with Crippen molar-refractivity contribution in [3.63, 3.8) is 0 Å². The van der Waals surface area contributed by atoms with Gasteiger partial charge >= 0.3 is 0 Å². The number of hydrogen-bond donors (Lipinski definition) is 1. The maximum Gasteiger partial charge on any atom is 0.124 e. The molecule has 1 N–H and O–H groups in total. The third-order valence-electron chi connectivity index (χ3n) is 2.64. The van der Waals surface area contributed by atoms with Crippen LogP contribution in [0.25, 0.3) is 0 Å². The summed E-state index contributed by atoms with van der Waals surface area (Å²) >= 11 is 3.47. The lowest BCUT2D eigenvalue weighted by Gasteiger charge is -2.09. The Bertz CT molecular complexity index is 525. The van der Waals surface area contributed by atoms with Gasteiger partial charge < -0.3 is 10.1 Å². The number of methoxy groups -OCH3 is 1. The third kappa shape index (κ3) is 3.11. The highest BCUT2D eigenvalue weighted by Crippen LogP contribution is 2.23. The number of aromatic nitrogens is 2. The Kier molecular flexibility index (Phi) is 4.38. The third-order valence-corrected chi connectivity index (χ3v) is 3.14. The van der Waals surface area contributed by atoms with Gasteiger partial charge in [-0.3, -0.25) is 4.68 Å². The van der Waals surface area contributed by atoms with Gasteiger partial charge in [-0.1, -0.05) is 15.9 Å². The van der Waals surface area contributed by atoms with E-state index < -0.39 is 0 Å². The highest BCUT2D eigenvalue weighted by molar-refractivity contribution is 9.10. The minimum Gasteiger partial charge on any atom is -0.496 e. The molecule has 0 saturated carbocycles. The molecule has 18 heavy (non-hydrogen) atoms. The molecule has 0 aliphatic rings. The molecule has 0 bridgehead atoms. The van der Waals surface area contributed by atoms with Crippen molar-refractivity contribution in [3.05, 3.63) is 46.2 Å². The lowest BCUT2D eigenvalue weighted by Crippen LogP contribution is -2.04. The summed E-state index contributed by atoms with van der Waals surface area (Å²) in [6, 6.07) is 5.98. The van der Waals surface area contributed by atoms with Crippen LogP contribution in [0.3, 0.4) is 0 Å². The molecular formula is C13H16BrN3O. The minimum atomic E-state index is 0.701. The molecule has 0 amide bonds. The Balaban J connectivity index is 2.19. The zero-order valence-electron chi connectivity index (χ0n) is 10.5. The molecule has 0 fully saturated rings. The minimum absolute atomic E-state index is 0.701. The molecule has 1 heterocycles. The van der Waals surface area contributed by atoms with E-state index in [0.29, 0.717) is 6.54 Å². The number of nitrogens with zero attached hydrogens (tertiary/aromatic N) is 2. The highest BCUT2D eigenvalue weighted by atomic mass is 79.9. The van der Waals surface area contributed by atoms with E-state index in [1.807, 2.05) is 36.3 Å². The predicted molar refractivity (Wildman–Crippen MR) is 74.8 cm³/mol. The molecule has 0 aliphatic heterocycles. The SMILES string of the molecule is CNCc1cnn(Cc2cc(Br)ccc2OC)c1. The van der Waals surface area contributed by atoms with Gasteiger partial charge in [0.2, 0.25) is 0 Å². The van der Waals surface area contributed by atoms with E-state index in [4.69, 9.17) is 4.74 Å². The first-order valence-electron chi connectivity index (χ1n) is 5.71. The topological polar surface area (TPSA) is 39.1 Å².